The molecule has 0 aromatic heterocycles. The molecule has 0 spiro atoms. The molecule has 1 aromatic carbocycles. The zero-order chi connectivity index (χ0) is 18.8. The van der Waals surface area contributed by atoms with Crippen LogP contribution < -0.4 is 34.5 Å². The molecular weight excluding hydrogens is 361 g/mol. The molecular formula is C14H24N3NaO6S. The Labute approximate surface area is 170 Å². The Hall–Kier alpha value is -0.590. The SMILES string of the molecule is CCC(CO)(CO)CO.CN(C)c1ccc(N=NS(=O)(=O)[O-])cc1.[Na+]. The van der Waals surface area contributed by atoms with E-state index in [0.717, 1.165) is 5.69 Å². The van der Waals surface area contributed by atoms with Crippen LogP contribution in [0, 0.1) is 5.41 Å². The van der Waals surface area contributed by atoms with Crippen LogP contribution in [0.25, 0.3) is 0 Å². The third-order valence-corrected chi connectivity index (χ3v) is 3.66. The maximum Gasteiger partial charge on any atom is 1.00 e. The van der Waals surface area contributed by atoms with Crippen LogP contribution in [0.1, 0.15) is 13.3 Å². The fourth-order valence-electron chi connectivity index (χ4n) is 1.40. The van der Waals surface area contributed by atoms with Crippen molar-refractivity contribution in [1.29, 1.82) is 0 Å². The van der Waals surface area contributed by atoms with Crippen LogP contribution in [0.3, 0.4) is 0 Å². The van der Waals surface area contributed by atoms with Crippen molar-refractivity contribution in [2.24, 2.45) is 15.0 Å². The molecule has 0 radical (unpaired) electrons. The molecule has 0 saturated carbocycles. The van der Waals surface area contributed by atoms with Crippen LogP contribution in [-0.2, 0) is 10.3 Å². The molecule has 0 amide bonds. The van der Waals surface area contributed by atoms with Gasteiger partial charge in [0.2, 0.25) is 10.3 Å². The summed E-state index contributed by atoms with van der Waals surface area (Å²) in [6.45, 7) is 1.35. The smallest absolute Gasteiger partial charge is 0.728 e. The zero-order valence-corrected chi connectivity index (χ0v) is 17.8. The summed E-state index contributed by atoms with van der Waals surface area (Å²) in [7, 11) is -0.904. The first-order valence-corrected chi connectivity index (χ1v) is 8.48. The van der Waals surface area contributed by atoms with Crippen molar-refractivity contribution in [1.82, 2.24) is 0 Å². The summed E-state index contributed by atoms with van der Waals surface area (Å²) in [4.78, 5) is 1.88. The number of hydrogen-bond donors (Lipinski definition) is 3. The molecule has 0 aliphatic heterocycles. The summed E-state index contributed by atoms with van der Waals surface area (Å²) in [6, 6.07) is 6.63. The van der Waals surface area contributed by atoms with Gasteiger partial charge in [0.15, 0.2) is 0 Å². The number of benzene rings is 1. The minimum Gasteiger partial charge on any atom is -0.728 e. The van der Waals surface area contributed by atoms with E-state index >= 15 is 0 Å². The molecule has 1 rings (SSSR count). The van der Waals surface area contributed by atoms with Gasteiger partial charge in [-0.1, -0.05) is 11.4 Å². The fourth-order valence-corrected chi connectivity index (χ4v) is 1.59. The molecule has 0 fully saturated rings. The van der Waals surface area contributed by atoms with Gasteiger partial charge < -0.3 is 24.8 Å². The maximum atomic E-state index is 10.2. The van der Waals surface area contributed by atoms with E-state index in [-0.39, 0.29) is 49.4 Å². The molecule has 0 heterocycles. The summed E-state index contributed by atoms with van der Waals surface area (Å²) in [5.41, 5.74) is 0.596. The Morgan fingerprint density at radius 2 is 1.52 bits per heavy atom. The van der Waals surface area contributed by atoms with Gasteiger partial charge >= 0.3 is 29.6 Å². The molecule has 1 aromatic rings. The molecule has 0 aliphatic rings. The molecule has 138 valence electrons. The van der Waals surface area contributed by atoms with Gasteiger partial charge in [-0.25, -0.2) is 8.42 Å². The Morgan fingerprint density at radius 3 is 1.76 bits per heavy atom. The molecule has 0 unspecified atom stereocenters. The van der Waals surface area contributed by atoms with E-state index in [1.807, 2.05) is 25.9 Å². The van der Waals surface area contributed by atoms with Gasteiger partial charge in [0.05, 0.1) is 25.5 Å². The Balaban J connectivity index is 0. The van der Waals surface area contributed by atoms with Crippen molar-refractivity contribution in [2.45, 2.75) is 13.3 Å². The number of anilines is 1. The molecule has 0 atom stereocenters. The Bertz CT molecular complexity index is 586. The first kappa shape index (κ1) is 26.6. The summed E-state index contributed by atoms with van der Waals surface area (Å²) in [5, 5.41) is 29.3. The van der Waals surface area contributed by atoms with Crippen molar-refractivity contribution >= 4 is 21.7 Å². The van der Waals surface area contributed by atoms with Crippen molar-refractivity contribution in [3.8, 4) is 0 Å². The largest absolute Gasteiger partial charge is 1.00 e. The van der Waals surface area contributed by atoms with E-state index in [1.54, 1.807) is 24.3 Å². The minimum atomic E-state index is -4.65. The van der Waals surface area contributed by atoms with Gasteiger partial charge in [0.25, 0.3) is 0 Å². The van der Waals surface area contributed by atoms with Crippen LogP contribution in [0.15, 0.2) is 33.9 Å². The van der Waals surface area contributed by atoms with Gasteiger partial charge in [-0.05, 0) is 30.7 Å². The second kappa shape index (κ2) is 12.7. The summed E-state index contributed by atoms with van der Waals surface area (Å²) in [5.74, 6) is 0. The van der Waals surface area contributed by atoms with Crippen LogP contribution in [-0.4, -0.2) is 62.2 Å². The summed E-state index contributed by atoms with van der Waals surface area (Å²) in [6.07, 6.45) is 0.594. The van der Waals surface area contributed by atoms with Crippen LogP contribution in [0.4, 0.5) is 11.4 Å². The van der Waals surface area contributed by atoms with Crippen molar-refractivity contribution < 1.29 is 57.8 Å². The second-order valence-corrected chi connectivity index (χ2v) is 6.37. The Morgan fingerprint density at radius 1 is 1.08 bits per heavy atom. The maximum absolute atomic E-state index is 10.2. The number of nitrogens with zero attached hydrogens (tertiary/aromatic N) is 3. The number of aliphatic hydroxyl groups is 3. The average molecular weight is 385 g/mol. The van der Waals surface area contributed by atoms with Gasteiger partial charge in [-0.2, -0.15) is 0 Å². The molecule has 0 saturated heterocycles. The van der Waals surface area contributed by atoms with Crippen molar-refractivity contribution in [2.75, 3.05) is 38.8 Å². The molecule has 3 N–H and O–H groups in total. The van der Waals surface area contributed by atoms with Gasteiger partial charge in [0, 0.05) is 25.2 Å². The van der Waals surface area contributed by atoms with E-state index in [2.05, 4.69) is 9.63 Å². The van der Waals surface area contributed by atoms with E-state index in [0.29, 0.717) is 12.1 Å². The van der Waals surface area contributed by atoms with E-state index in [9.17, 15) is 13.0 Å². The summed E-state index contributed by atoms with van der Waals surface area (Å²) >= 11 is 0. The van der Waals surface area contributed by atoms with Crippen molar-refractivity contribution in [3.05, 3.63) is 24.3 Å². The second-order valence-electron chi connectivity index (χ2n) is 5.35. The monoisotopic (exact) mass is 385 g/mol. The molecule has 9 nitrogen and oxygen atoms in total. The van der Waals surface area contributed by atoms with Gasteiger partial charge in [0.1, 0.15) is 0 Å². The van der Waals surface area contributed by atoms with Crippen molar-refractivity contribution in [3.63, 3.8) is 0 Å². The van der Waals surface area contributed by atoms with Gasteiger partial charge in [-0.3, -0.25) is 0 Å². The first-order valence-electron chi connectivity index (χ1n) is 7.12. The van der Waals surface area contributed by atoms with E-state index in [4.69, 9.17) is 15.3 Å². The standard InChI is InChI=1S/C8H11N3O3S.C6H14O3.Na/c1-11(2)8-5-3-7(4-6-8)9-10-15(12,13)14;1-2-6(3-7,4-8)5-9;/h3-6H,1-2H3,(H,12,13,14);7-9H,2-5H2,1H3;/q;;+1/p-1. The van der Waals surface area contributed by atoms with E-state index < -0.39 is 15.7 Å². The number of hydrogen-bond acceptors (Lipinski definition) is 8. The van der Waals surface area contributed by atoms with E-state index in [1.165, 1.54) is 0 Å². The molecule has 25 heavy (non-hydrogen) atoms. The van der Waals surface area contributed by atoms with Gasteiger partial charge in [-0.15, -0.1) is 5.11 Å². The predicted molar refractivity (Wildman–Crippen MR) is 89.0 cm³/mol. The number of aliphatic hydroxyl groups excluding tert-OH is 3. The van der Waals surface area contributed by atoms with Crippen LogP contribution in [0.5, 0.6) is 0 Å². The predicted octanol–water partition coefficient (Wildman–Crippen LogP) is -2.34. The van der Waals surface area contributed by atoms with Crippen LogP contribution in [0.2, 0.25) is 0 Å². The quantitative estimate of drug-likeness (QED) is 0.271. The first-order chi connectivity index (χ1) is 11.1. The average Bonchev–Trinajstić information content (AvgIpc) is 2.56. The fraction of sp³-hybridized carbons (Fsp3) is 0.571. The third-order valence-electron chi connectivity index (χ3n) is 3.38. The number of rotatable bonds is 7. The Kier molecular flexibility index (Phi) is 13.5. The minimum absolute atomic E-state index is 0. The molecule has 11 heteroatoms. The molecule has 0 aliphatic carbocycles. The topological polar surface area (TPSA) is 146 Å². The molecule has 0 bridgehead atoms. The van der Waals surface area contributed by atoms with Crippen LogP contribution >= 0.6 is 0 Å². The summed E-state index contributed by atoms with van der Waals surface area (Å²) < 4.78 is 33.1. The normalized spacial score (nSPS) is 11.5. The zero-order valence-electron chi connectivity index (χ0n) is 15.0. The third kappa shape index (κ3) is 10.9.